The van der Waals surface area contributed by atoms with Crippen molar-refractivity contribution < 1.29 is 28.2 Å². The summed E-state index contributed by atoms with van der Waals surface area (Å²) in [4.78, 5) is 27.6. The molecule has 1 aromatic heterocycles. The number of H-pyrrole nitrogens is 1. The molecule has 1 atom stereocenters. The lowest BCUT2D eigenvalue weighted by molar-refractivity contribution is -0.145. The lowest BCUT2D eigenvalue weighted by Crippen LogP contribution is -2.28. The Hall–Kier alpha value is -2.42. The molecule has 3 N–H and O–H groups in total. The van der Waals surface area contributed by atoms with E-state index in [2.05, 4.69) is 9.97 Å². The standard InChI is InChI=1S/C9H10O4.C7H12N2O2S/c1-9(8(12)13)4-2-3-6(5-9)7(10)11;1-2-3-6-12(10,11)7-8-4-5-9-7/h2-4H,5H2,1H3,(H,10,11)(H,12,13);4-5H,2-3,6H2,1H3,(H,8,9). The molecule has 9 heteroatoms. The Kier molecular flexibility index (Phi) is 7.10. The minimum absolute atomic E-state index is 0.0359. The summed E-state index contributed by atoms with van der Waals surface area (Å²) < 4.78 is 22.7. The second-order valence-electron chi connectivity index (χ2n) is 5.82. The number of carboxylic acid groups (broad SMARTS) is 2. The summed E-state index contributed by atoms with van der Waals surface area (Å²) in [6.45, 7) is 3.46. The fourth-order valence-corrected chi connectivity index (χ4v) is 3.37. The first kappa shape index (κ1) is 20.6. The third-order valence-corrected chi connectivity index (χ3v) is 5.26. The summed E-state index contributed by atoms with van der Waals surface area (Å²) in [7, 11) is -3.15. The normalized spacial score (nSPS) is 19.5. The van der Waals surface area contributed by atoms with Crippen molar-refractivity contribution in [2.45, 2.75) is 38.3 Å². The van der Waals surface area contributed by atoms with Gasteiger partial charge in [0, 0.05) is 18.0 Å². The number of hydrogen-bond acceptors (Lipinski definition) is 5. The van der Waals surface area contributed by atoms with Crippen LogP contribution in [0.15, 0.2) is 41.4 Å². The first-order valence-electron chi connectivity index (χ1n) is 7.69. The van der Waals surface area contributed by atoms with Gasteiger partial charge in [-0.1, -0.05) is 31.6 Å². The van der Waals surface area contributed by atoms with Gasteiger partial charge in [0.2, 0.25) is 15.0 Å². The number of carboxylic acids is 2. The molecule has 1 aliphatic carbocycles. The van der Waals surface area contributed by atoms with Crippen molar-refractivity contribution in [3.63, 3.8) is 0 Å². The Labute approximate surface area is 146 Å². The Morgan fingerprint density at radius 1 is 1.36 bits per heavy atom. The van der Waals surface area contributed by atoms with Crippen LogP contribution >= 0.6 is 0 Å². The number of unbranched alkanes of at least 4 members (excludes halogenated alkanes) is 1. The number of aromatic amines is 1. The van der Waals surface area contributed by atoms with Gasteiger partial charge in [-0.05, 0) is 19.8 Å². The van der Waals surface area contributed by atoms with Crippen LogP contribution in [-0.2, 0) is 19.4 Å². The van der Waals surface area contributed by atoms with Crippen LogP contribution in [0, 0.1) is 5.41 Å². The van der Waals surface area contributed by atoms with Gasteiger partial charge in [-0.2, -0.15) is 0 Å². The molecule has 1 heterocycles. The summed E-state index contributed by atoms with van der Waals surface area (Å²) >= 11 is 0. The number of allylic oxidation sites excluding steroid dienone is 2. The first-order valence-corrected chi connectivity index (χ1v) is 9.35. The Morgan fingerprint density at radius 2 is 2.04 bits per heavy atom. The second-order valence-corrected chi connectivity index (χ2v) is 7.85. The molecule has 138 valence electrons. The van der Waals surface area contributed by atoms with Crippen molar-refractivity contribution in [1.82, 2.24) is 9.97 Å². The predicted molar refractivity (Wildman–Crippen MR) is 90.8 cm³/mol. The number of nitrogens with zero attached hydrogens (tertiary/aromatic N) is 1. The zero-order valence-corrected chi connectivity index (χ0v) is 14.9. The molecule has 0 spiro atoms. The molecule has 2 rings (SSSR count). The Bertz CT molecular complexity index is 765. The van der Waals surface area contributed by atoms with E-state index in [1.807, 2.05) is 6.92 Å². The number of sulfone groups is 1. The molecule has 0 bridgehead atoms. The Morgan fingerprint density at radius 3 is 2.52 bits per heavy atom. The minimum atomic E-state index is -3.15. The van der Waals surface area contributed by atoms with E-state index in [-0.39, 0.29) is 22.9 Å². The van der Waals surface area contributed by atoms with Crippen LogP contribution in [0.25, 0.3) is 0 Å². The van der Waals surface area contributed by atoms with Crippen LogP contribution in [-0.4, -0.2) is 46.3 Å². The number of nitrogens with one attached hydrogen (secondary N) is 1. The average Bonchev–Trinajstić information content (AvgIpc) is 3.09. The second kappa shape index (κ2) is 8.61. The minimum Gasteiger partial charge on any atom is -0.481 e. The molecule has 0 fully saturated rings. The Balaban J connectivity index is 0.000000251. The van der Waals surface area contributed by atoms with Gasteiger partial charge in [0.25, 0.3) is 0 Å². The van der Waals surface area contributed by atoms with Crippen LogP contribution in [0.3, 0.4) is 0 Å². The summed E-state index contributed by atoms with van der Waals surface area (Å²) in [5, 5.41) is 17.6. The average molecular weight is 370 g/mol. The number of hydrogen-bond donors (Lipinski definition) is 3. The van der Waals surface area contributed by atoms with Gasteiger partial charge >= 0.3 is 11.9 Å². The SMILES string of the molecule is CC1(C(=O)O)C=CC=C(C(=O)O)C1.CCCCS(=O)(=O)c1ncc[nH]1. The van der Waals surface area contributed by atoms with Crippen molar-refractivity contribution in [3.8, 4) is 0 Å². The number of aromatic nitrogens is 2. The van der Waals surface area contributed by atoms with E-state index >= 15 is 0 Å². The molecule has 0 amide bonds. The predicted octanol–water partition coefficient (Wildman–Crippen LogP) is 2.03. The molecule has 0 saturated carbocycles. The highest BCUT2D eigenvalue weighted by Gasteiger charge is 2.34. The third-order valence-electron chi connectivity index (χ3n) is 3.62. The molecule has 0 saturated heterocycles. The maximum atomic E-state index is 11.4. The molecule has 1 aromatic rings. The summed E-state index contributed by atoms with van der Waals surface area (Å²) in [6, 6.07) is 0. The molecule has 1 unspecified atom stereocenters. The smallest absolute Gasteiger partial charge is 0.331 e. The molecular formula is C16H22N2O6S. The molecule has 8 nitrogen and oxygen atoms in total. The summed E-state index contributed by atoms with van der Waals surface area (Å²) in [5.41, 5.74) is -0.949. The quantitative estimate of drug-likeness (QED) is 0.696. The highest BCUT2D eigenvalue weighted by molar-refractivity contribution is 7.91. The zero-order valence-electron chi connectivity index (χ0n) is 14.1. The van der Waals surface area contributed by atoms with Crippen molar-refractivity contribution in [3.05, 3.63) is 36.2 Å². The van der Waals surface area contributed by atoms with Gasteiger partial charge < -0.3 is 15.2 Å². The van der Waals surface area contributed by atoms with Crippen molar-refractivity contribution >= 4 is 21.8 Å². The summed E-state index contributed by atoms with van der Waals surface area (Å²) in [6.07, 6.45) is 8.95. The van der Waals surface area contributed by atoms with Crippen LogP contribution in [0.4, 0.5) is 0 Å². The van der Waals surface area contributed by atoms with Crippen molar-refractivity contribution in [2.24, 2.45) is 5.41 Å². The fourth-order valence-electron chi connectivity index (χ4n) is 2.04. The highest BCUT2D eigenvalue weighted by atomic mass is 32.2. The zero-order chi connectivity index (χ0) is 19.1. The summed E-state index contributed by atoms with van der Waals surface area (Å²) in [5.74, 6) is -1.88. The van der Waals surface area contributed by atoms with Crippen LogP contribution in [0.1, 0.15) is 33.1 Å². The van der Waals surface area contributed by atoms with Gasteiger partial charge in [0.15, 0.2) is 0 Å². The lowest BCUT2D eigenvalue weighted by Gasteiger charge is -2.23. The molecule has 0 aliphatic heterocycles. The van der Waals surface area contributed by atoms with Gasteiger partial charge in [-0.25, -0.2) is 18.2 Å². The molecular weight excluding hydrogens is 348 g/mol. The maximum Gasteiger partial charge on any atom is 0.331 e. The van der Waals surface area contributed by atoms with Gasteiger partial charge in [0.05, 0.1) is 11.2 Å². The molecule has 0 aromatic carbocycles. The maximum absolute atomic E-state index is 11.4. The molecule has 1 aliphatic rings. The van der Waals surface area contributed by atoms with E-state index in [1.54, 1.807) is 0 Å². The lowest BCUT2D eigenvalue weighted by atomic mass is 9.80. The largest absolute Gasteiger partial charge is 0.481 e. The van der Waals surface area contributed by atoms with E-state index in [9.17, 15) is 18.0 Å². The van der Waals surface area contributed by atoms with Crippen LogP contribution in [0.2, 0.25) is 0 Å². The highest BCUT2D eigenvalue weighted by Crippen LogP contribution is 2.31. The molecule has 25 heavy (non-hydrogen) atoms. The number of aliphatic carboxylic acids is 2. The monoisotopic (exact) mass is 370 g/mol. The van der Waals surface area contributed by atoms with E-state index in [0.717, 1.165) is 6.42 Å². The molecule has 0 radical (unpaired) electrons. The topological polar surface area (TPSA) is 137 Å². The first-order chi connectivity index (χ1) is 11.6. The number of imidazole rings is 1. The van der Waals surface area contributed by atoms with Crippen LogP contribution in [0.5, 0.6) is 0 Å². The number of carbonyl (C=O) groups is 2. The third kappa shape index (κ3) is 5.86. The fraction of sp³-hybridized carbons (Fsp3) is 0.438. The van der Waals surface area contributed by atoms with Gasteiger partial charge in [0.1, 0.15) is 0 Å². The number of rotatable bonds is 6. The van der Waals surface area contributed by atoms with Gasteiger partial charge in [-0.15, -0.1) is 0 Å². The van der Waals surface area contributed by atoms with E-state index < -0.39 is 27.2 Å². The van der Waals surface area contributed by atoms with Crippen LogP contribution < -0.4 is 0 Å². The van der Waals surface area contributed by atoms with Gasteiger partial charge in [-0.3, -0.25) is 4.79 Å². The van der Waals surface area contributed by atoms with E-state index in [0.29, 0.717) is 6.42 Å². The van der Waals surface area contributed by atoms with E-state index in [1.165, 1.54) is 37.5 Å². The van der Waals surface area contributed by atoms with E-state index in [4.69, 9.17) is 10.2 Å². The van der Waals surface area contributed by atoms with Crippen molar-refractivity contribution in [1.29, 1.82) is 0 Å². The van der Waals surface area contributed by atoms with Crippen molar-refractivity contribution in [2.75, 3.05) is 5.75 Å².